The van der Waals surface area contributed by atoms with Gasteiger partial charge in [-0.05, 0) is 45.6 Å². The smallest absolute Gasteiger partial charge is 0.316 e. The second kappa shape index (κ2) is 9.24. The molecule has 172 valence electrons. The monoisotopic (exact) mass is 448 g/mol. The summed E-state index contributed by atoms with van der Waals surface area (Å²) in [4.78, 5) is 10.8. The second-order valence-electron chi connectivity index (χ2n) is 8.77. The summed E-state index contributed by atoms with van der Waals surface area (Å²) in [5, 5.41) is 14.0. The van der Waals surface area contributed by atoms with Crippen LogP contribution in [0.1, 0.15) is 43.9 Å². The molecule has 3 aromatic heterocycles. The van der Waals surface area contributed by atoms with Crippen LogP contribution >= 0.6 is 0 Å². The van der Waals surface area contributed by atoms with Gasteiger partial charge in [0.1, 0.15) is 29.0 Å². The number of nitriles is 1. The van der Waals surface area contributed by atoms with E-state index in [-0.39, 0.29) is 18.3 Å². The van der Waals surface area contributed by atoms with Crippen LogP contribution < -0.4 is 14.4 Å². The lowest BCUT2D eigenvalue weighted by Crippen LogP contribution is -2.41. The molecule has 1 aliphatic heterocycles. The molecule has 33 heavy (non-hydrogen) atoms. The summed E-state index contributed by atoms with van der Waals surface area (Å²) >= 11 is 0. The molecule has 9 heteroatoms. The number of ether oxygens (including phenoxy) is 3. The number of rotatable bonds is 5. The lowest BCUT2D eigenvalue weighted by Gasteiger charge is -2.33. The molecule has 1 atom stereocenters. The first-order valence-corrected chi connectivity index (χ1v) is 11.5. The lowest BCUT2D eigenvalue weighted by atomic mass is 9.95. The number of fused-ring (bicyclic) bond motifs is 1. The van der Waals surface area contributed by atoms with E-state index < -0.39 is 0 Å². The number of morpholine rings is 1. The maximum Gasteiger partial charge on any atom is 0.316 e. The van der Waals surface area contributed by atoms with Gasteiger partial charge in [-0.15, -0.1) is 0 Å². The Hall–Kier alpha value is -3.38. The van der Waals surface area contributed by atoms with Gasteiger partial charge >= 0.3 is 6.01 Å². The summed E-state index contributed by atoms with van der Waals surface area (Å²) in [5.41, 5.74) is 3.15. The van der Waals surface area contributed by atoms with E-state index in [9.17, 15) is 5.26 Å². The summed E-state index contributed by atoms with van der Waals surface area (Å²) in [6.07, 6.45) is 9.03. The maximum absolute atomic E-state index is 9.59. The number of aryl methyl sites for hydroxylation is 1. The van der Waals surface area contributed by atoms with E-state index in [4.69, 9.17) is 14.2 Å². The molecule has 1 unspecified atom stereocenters. The zero-order valence-electron chi connectivity index (χ0n) is 19.0. The van der Waals surface area contributed by atoms with E-state index in [1.54, 1.807) is 16.9 Å². The topological polar surface area (TPSA) is 97.8 Å². The van der Waals surface area contributed by atoms with Gasteiger partial charge in [-0.3, -0.25) is 0 Å². The normalized spacial score (nSPS) is 23.3. The van der Waals surface area contributed by atoms with Crippen LogP contribution in [-0.2, 0) is 4.74 Å². The van der Waals surface area contributed by atoms with E-state index in [0.717, 1.165) is 50.2 Å². The van der Waals surface area contributed by atoms with Crippen molar-refractivity contribution in [2.75, 3.05) is 24.6 Å². The zero-order chi connectivity index (χ0) is 22.8. The fourth-order valence-electron chi connectivity index (χ4n) is 4.55. The van der Waals surface area contributed by atoms with Crippen molar-refractivity contribution in [1.82, 2.24) is 19.6 Å². The van der Waals surface area contributed by atoms with Gasteiger partial charge in [-0.25, -0.2) is 14.5 Å². The zero-order valence-corrected chi connectivity index (χ0v) is 19.0. The van der Waals surface area contributed by atoms with Crippen LogP contribution in [0.5, 0.6) is 11.8 Å². The van der Waals surface area contributed by atoms with Gasteiger partial charge in [-0.2, -0.15) is 10.4 Å². The summed E-state index contributed by atoms with van der Waals surface area (Å²) < 4.78 is 19.9. The molecule has 3 aromatic rings. The summed E-state index contributed by atoms with van der Waals surface area (Å²) in [6.45, 7) is 6.31. The summed E-state index contributed by atoms with van der Waals surface area (Å²) in [6, 6.07) is 6.58. The van der Waals surface area contributed by atoms with Crippen LogP contribution in [0.15, 0.2) is 30.7 Å². The van der Waals surface area contributed by atoms with Crippen LogP contribution in [0.3, 0.4) is 0 Å². The van der Waals surface area contributed by atoms with Crippen molar-refractivity contribution in [2.45, 2.75) is 57.8 Å². The molecule has 4 heterocycles. The van der Waals surface area contributed by atoms with Gasteiger partial charge in [0.25, 0.3) is 0 Å². The van der Waals surface area contributed by atoms with Crippen LogP contribution in [0.25, 0.3) is 5.52 Å². The lowest BCUT2D eigenvalue weighted by molar-refractivity contribution is 0.0531. The molecule has 9 nitrogen and oxygen atoms in total. The van der Waals surface area contributed by atoms with Gasteiger partial charge in [0.15, 0.2) is 0 Å². The minimum absolute atomic E-state index is 0.0485. The predicted octanol–water partition coefficient (Wildman–Crippen LogP) is 3.30. The number of aromatic nitrogens is 4. The molecule has 2 fully saturated rings. The standard InChI is InChI=1S/C24H28N6O3/c1-16-7-8-26-24(28-16)33-21-5-3-20(4-6-21)32-22-11-19(29-9-10-31-17(2)14-29)15-30-23(22)18(12-25)13-27-30/h7-8,11,13,15,17,20-21H,3-6,9-10,14H2,1-2H3/t17?,20-,21+. The van der Waals surface area contributed by atoms with Crippen molar-refractivity contribution in [3.05, 3.63) is 42.0 Å². The first-order chi connectivity index (χ1) is 16.1. The molecule has 0 aromatic carbocycles. The molecule has 5 rings (SSSR count). The highest BCUT2D eigenvalue weighted by Gasteiger charge is 2.26. The molecule has 0 bridgehead atoms. The van der Waals surface area contributed by atoms with Crippen LogP contribution in [0, 0.1) is 18.3 Å². The Morgan fingerprint density at radius 3 is 2.70 bits per heavy atom. The highest BCUT2D eigenvalue weighted by molar-refractivity contribution is 5.72. The number of hydrogen-bond donors (Lipinski definition) is 0. The van der Waals surface area contributed by atoms with Gasteiger partial charge in [0, 0.05) is 31.0 Å². The van der Waals surface area contributed by atoms with Gasteiger partial charge < -0.3 is 19.1 Å². The first-order valence-electron chi connectivity index (χ1n) is 11.5. The van der Waals surface area contributed by atoms with Crippen LogP contribution in [0.4, 0.5) is 5.69 Å². The molecule has 0 amide bonds. The van der Waals surface area contributed by atoms with E-state index >= 15 is 0 Å². The molecule has 1 saturated heterocycles. The molecule has 1 saturated carbocycles. The number of pyridine rings is 1. The average Bonchev–Trinajstić information content (AvgIpc) is 3.24. The van der Waals surface area contributed by atoms with E-state index in [1.807, 2.05) is 25.3 Å². The van der Waals surface area contributed by atoms with E-state index in [2.05, 4.69) is 33.0 Å². The van der Waals surface area contributed by atoms with Crippen LogP contribution in [-0.4, -0.2) is 57.6 Å². The highest BCUT2D eigenvalue weighted by atomic mass is 16.5. The first kappa shape index (κ1) is 21.5. The second-order valence-corrected chi connectivity index (χ2v) is 8.77. The van der Waals surface area contributed by atoms with E-state index in [1.165, 1.54) is 0 Å². The van der Waals surface area contributed by atoms with Crippen molar-refractivity contribution in [2.24, 2.45) is 0 Å². The molecule has 2 aliphatic rings. The van der Waals surface area contributed by atoms with Crippen molar-refractivity contribution >= 4 is 11.2 Å². The Kier molecular flexibility index (Phi) is 6.01. The third kappa shape index (κ3) is 4.71. The van der Waals surface area contributed by atoms with Crippen molar-refractivity contribution in [3.63, 3.8) is 0 Å². The third-order valence-electron chi connectivity index (χ3n) is 6.25. The predicted molar refractivity (Wildman–Crippen MR) is 122 cm³/mol. The quantitative estimate of drug-likeness (QED) is 0.586. The van der Waals surface area contributed by atoms with Crippen LogP contribution in [0.2, 0.25) is 0 Å². The van der Waals surface area contributed by atoms with Gasteiger partial charge in [0.2, 0.25) is 0 Å². The third-order valence-corrected chi connectivity index (χ3v) is 6.25. The van der Waals surface area contributed by atoms with Crippen molar-refractivity contribution < 1.29 is 14.2 Å². The highest BCUT2D eigenvalue weighted by Crippen LogP contribution is 2.33. The van der Waals surface area contributed by atoms with Gasteiger partial charge in [0.05, 0.1) is 36.9 Å². The maximum atomic E-state index is 9.59. The molecule has 0 spiro atoms. The Labute approximate surface area is 192 Å². The summed E-state index contributed by atoms with van der Waals surface area (Å²) in [7, 11) is 0. The fraction of sp³-hybridized carbons (Fsp3) is 0.500. The minimum atomic E-state index is 0.0485. The Balaban J connectivity index is 1.32. The molecular formula is C24H28N6O3. The Morgan fingerprint density at radius 2 is 1.97 bits per heavy atom. The molecule has 0 radical (unpaired) electrons. The molecule has 0 N–H and O–H groups in total. The minimum Gasteiger partial charge on any atom is -0.488 e. The Morgan fingerprint density at radius 1 is 1.18 bits per heavy atom. The number of anilines is 1. The molecule has 1 aliphatic carbocycles. The molecular weight excluding hydrogens is 420 g/mol. The van der Waals surface area contributed by atoms with E-state index in [0.29, 0.717) is 29.4 Å². The SMILES string of the molecule is Cc1ccnc(O[C@H]2CC[C@@H](Oc3cc(N4CCOC(C)C4)cn4ncc(C#N)c34)CC2)n1. The number of hydrogen-bond acceptors (Lipinski definition) is 8. The average molecular weight is 449 g/mol. The number of nitrogens with zero attached hydrogens (tertiary/aromatic N) is 6. The van der Waals surface area contributed by atoms with Gasteiger partial charge in [-0.1, -0.05) is 0 Å². The van der Waals surface area contributed by atoms with Crippen molar-refractivity contribution in [3.8, 4) is 17.8 Å². The summed E-state index contributed by atoms with van der Waals surface area (Å²) in [5.74, 6) is 0.701. The van der Waals surface area contributed by atoms with Crippen molar-refractivity contribution in [1.29, 1.82) is 5.26 Å². The fourth-order valence-corrected chi connectivity index (χ4v) is 4.55. The Bertz CT molecular complexity index is 1160. The largest absolute Gasteiger partial charge is 0.488 e.